The van der Waals surface area contributed by atoms with E-state index < -0.39 is 22.9 Å². The molecule has 1 aliphatic rings. The van der Waals surface area contributed by atoms with Crippen molar-refractivity contribution in [1.82, 2.24) is 0 Å². The van der Waals surface area contributed by atoms with Crippen molar-refractivity contribution in [2.75, 3.05) is 13.2 Å². The molecular weight excluding hydrogens is 580 g/mol. The van der Waals surface area contributed by atoms with Gasteiger partial charge in [0.15, 0.2) is 11.4 Å². The SMILES string of the molecule is CCOC(=O)C(Cl)Cc1ccc(OCC2(CCC(C)CCCC(C)C)CC(=O)c3c(C)c(OC(C)=O)c(C)c(C)c3O2)cc1. The Morgan fingerprint density at radius 2 is 1.68 bits per heavy atom. The summed E-state index contributed by atoms with van der Waals surface area (Å²) < 4.78 is 23.7. The minimum absolute atomic E-state index is 0.0428. The van der Waals surface area contributed by atoms with E-state index in [0.29, 0.717) is 53.1 Å². The second-order valence-electron chi connectivity index (χ2n) is 12.7. The number of hydrogen-bond acceptors (Lipinski definition) is 7. The minimum Gasteiger partial charge on any atom is -0.489 e. The summed E-state index contributed by atoms with van der Waals surface area (Å²) in [5, 5.41) is -0.759. The van der Waals surface area contributed by atoms with E-state index in [1.807, 2.05) is 38.1 Å². The Balaban J connectivity index is 1.85. The fourth-order valence-electron chi connectivity index (χ4n) is 5.77. The van der Waals surface area contributed by atoms with Crippen molar-refractivity contribution in [3.05, 3.63) is 52.1 Å². The Hall–Kier alpha value is -3.06. The highest BCUT2D eigenvalue weighted by Gasteiger charge is 2.44. The molecule has 0 saturated heterocycles. The number of ether oxygens (including phenoxy) is 4. The molecule has 0 N–H and O–H groups in total. The molecule has 0 aromatic heterocycles. The van der Waals surface area contributed by atoms with Crippen LogP contribution >= 0.6 is 11.6 Å². The topological polar surface area (TPSA) is 88.1 Å². The molecule has 0 radical (unpaired) electrons. The van der Waals surface area contributed by atoms with E-state index in [9.17, 15) is 14.4 Å². The van der Waals surface area contributed by atoms with Crippen molar-refractivity contribution in [2.45, 2.75) is 111 Å². The third kappa shape index (κ3) is 9.23. The molecule has 0 bridgehead atoms. The van der Waals surface area contributed by atoms with Gasteiger partial charge in [-0.2, -0.15) is 0 Å². The zero-order chi connectivity index (χ0) is 32.6. The van der Waals surface area contributed by atoms with Crippen LogP contribution in [0, 0.1) is 32.6 Å². The smallest absolute Gasteiger partial charge is 0.324 e. The number of ketones is 1. The van der Waals surface area contributed by atoms with Gasteiger partial charge in [-0.15, -0.1) is 11.6 Å². The van der Waals surface area contributed by atoms with E-state index >= 15 is 0 Å². The van der Waals surface area contributed by atoms with Crippen LogP contribution in [0.1, 0.15) is 106 Å². The number of rotatable bonds is 15. The van der Waals surface area contributed by atoms with E-state index in [-0.39, 0.29) is 25.4 Å². The molecule has 1 heterocycles. The lowest BCUT2D eigenvalue weighted by molar-refractivity contribution is -0.142. The number of carbonyl (C=O) groups is 3. The zero-order valence-corrected chi connectivity index (χ0v) is 28.4. The summed E-state index contributed by atoms with van der Waals surface area (Å²) in [5.41, 5.74) is 2.69. The second-order valence-corrected chi connectivity index (χ2v) is 13.2. The van der Waals surface area contributed by atoms with Crippen LogP contribution in [-0.4, -0.2) is 41.9 Å². The molecular formula is C36H49ClO7. The van der Waals surface area contributed by atoms with Crippen LogP contribution in [0.5, 0.6) is 17.2 Å². The van der Waals surface area contributed by atoms with Crippen molar-refractivity contribution >= 4 is 29.3 Å². The van der Waals surface area contributed by atoms with Crippen LogP contribution < -0.4 is 14.2 Å². The van der Waals surface area contributed by atoms with Gasteiger partial charge in [0.25, 0.3) is 0 Å². The van der Waals surface area contributed by atoms with Crippen molar-refractivity contribution in [1.29, 1.82) is 0 Å². The summed E-state index contributed by atoms with van der Waals surface area (Å²) >= 11 is 6.22. The predicted octanol–water partition coefficient (Wildman–Crippen LogP) is 8.28. The van der Waals surface area contributed by atoms with E-state index in [2.05, 4.69) is 20.8 Å². The number of hydrogen-bond donors (Lipinski definition) is 0. The van der Waals surface area contributed by atoms with Crippen LogP contribution in [0.3, 0.4) is 0 Å². The molecule has 3 atom stereocenters. The fourth-order valence-corrected chi connectivity index (χ4v) is 6.01. The number of carbonyl (C=O) groups excluding carboxylic acids is 3. The van der Waals surface area contributed by atoms with Crippen molar-refractivity contribution in [2.24, 2.45) is 11.8 Å². The molecule has 2 aromatic carbocycles. The van der Waals surface area contributed by atoms with E-state index in [1.54, 1.807) is 13.8 Å². The van der Waals surface area contributed by atoms with Crippen molar-refractivity contribution in [3.8, 4) is 17.2 Å². The molecule has 1 aliphatic heterocycles. The first-order valence-electron chi connectivity index (χ1n) is 15.8. The summed E-state index contributed by atoms with van der Waals surface area (Å²) in [6.45, 7) is 15.9. The van der Waals surface area contributed by atoms with E-state index in [0.717, 1.165) is 29.5 Å². The quantitative estimate of drug-likeness (QED) is 0.111. The molecule has 242 valence electrons. The van der Waals surface area contributed by atoms with Gasteiger partial charge >= 0.3 is 11.9 Å². The number of alkyl halides is 1. The van der Waals surface area contributed by atoms with E-state index in [1.165, 1.54) is 19.8 Å². The molecule has 0 amide bonds. The third-order valence-electron chi connectivity index (χ3n) is 8.47. The number of fused-ring (bicyclic) bond motifs is 1. The summed E-state index contributed by atoms with van der Waals surface area (Å²) in [4.78, 5) is 37.6. The predicted molar refractivity (Wildman–Crippen MR) is 173 cm³/mol. The third-order valence-corrected chi connectivity index (χ3v) is 8.80. The fraction of sp³-hybridized carbons (Fsp3) is 0.583. The number of Topliss-reactive ketones (excluding diaryl/α,β-unsaturated/α-hetero) is 1. The average Bonchev–Trinajstić information content (AvgIpc) is 2.96. The molecule has 3 unspecified atom stereocenters. The van der Waals surface area contributed by atoms with Crippen LogP contribution in [0.4, 0.5) is 0 Å². The maximum Gasteiger partial charge on any atom is 0.324 e. The monoisotopic (exact) mass is 628 g/mol. The Kier molecular flexibility index (Phi) is 12.7. The molecule has 2 aromatic rings. The van der Waals surface area contributed by atoms with Gasteiger partial charge in [0.1, 0.15) is 29.2 Å². The van der Waals surface area contributed by atoms with Gasteiger partial charge in [0, 0.05) is 12.5 Å². The number of esters is 2. The summed E-state index contributed by atoms with van der Waals surface area (Å²) in [6.07, 6.45) is 5.56. The Morgan fingerprint density at radius 3 is 2.30 bits per heavy atom. The highest BCUT2D eigenvalue weighted by Crippen LogP contribution is 2.45. The van der Waals surface area contributed by atoms with Crippen molar-refractivity contribution < 1.29 is 33.3 Å². The summed E-state index contributed by atoms with van der Waals surface area (Å²) in [7, 11) is 0. The first-order valence-corrected chi connectivity index (χ1v) is 16.3. The summed E-state index contributed by atoms with van der Waals surface area (Å²) in [6, 6.07) is 7.44. The van der Waals surface area contributed by atoms with Crippen LogP contribution in [0.25, 0.3) is 0 Å². The first kappa shape index (κ1) is 35.4. The number of halogens is 1. The molecule has 0 saturated carbocycles. The average molecular weight is 629 g/mol. The highest BCUT2D eigenvalue weighted by molar-refractivity contribution is 6.30. The van der Waals surface area contributed by atoms with Crippen LogP contribution in [0.15, 0.2) is 24.3 Å². The lowest BCUT2D eigenvalue weighted by atomic mass is 9.81. The molecule has 7 nitrogen and oxygen atoms in total. The molecule has 44 heavy (non-hydrogen) atoms. The van der Waals surface area contributed by atoms with Crippen LogP contribution in [-0.2, 0) is 20.7 Å². The zero-order valence-electron chi connectivity index (χ0n) is 27.6. The lowest BCUT2D eigenvalue weighted by Crippen LogP contribution is -2.48. The summed E-state index contributed by atoms with van der Waals surface area (Å²) in [5.74, 6) is 1.86. The van der Waals surface area contributed by atoms with Gasteiger partial charge in [-0.25, -0.2) is 0 Å². The van der Waals surface area contributed by atoms with Gasteiger partial charge < -0.3 is 18.9 Å². The van der Waals surface area contributed by atoms with Gasteiger partial charge in [-0.05, 0) is 87.6 Å². The highest BCUT2D eigenvalue weighted by atomic mass is 35.5. The van der Waals surface area contributed by atoms with Crippen molar-refractivity contribution in [3.63, 3.8) is 0 Å². The maximum absolute atomic E-state index is 13.8. The van der Waals surface area contributed by atoms with E-state index in [4.69, 9.17) is 30.5 Å². The maximum atomic E-state index is 13.8. The molecule has 0 fully saturated rings. The van der Waals surface area contributed by atoms with Gasteiger partial charge in [0.2, 0.25) is 0 Å². The largest absolute Gasteiger partial charge is 0.489 e. The molecule has 0 spiro atoms. The molecule has 0 aliphatic carbocycles. The minimum atomic E-state index is -0.854. The normalized spacial score (nSPS) is 17.5. The molecule has 8 heteroatoms. The second kappa shape index (κ2) is 15.8. The Bertz CT molecular complexity index is 1320. The Morgan fingerprint density at radius 1 is 1.00 bits per heavy atom. The van der Waals surface area contributed by atoms with Gasteiger partial charge in [-0.3, -0.25) is 14.4 Å². The molecule has 3 rings (SSSR count). The lowest BCUT2D eigenvalue weighted by Gasteiger charge is -2.40. The van der Waals surface area contributed by atoms with Gasteiger partial charge in [0.05, 0.1) is 18.6 Å². The van der Waals surface area contributed by atoms with Gasteiger partial charge in [-0.1, -0.05) is 52.2 Å². The first-order chi connectivity index (χ1) is 20.8. The van der Waals surface area contributed by atoms with Crippen LogP contribution in [0.2, 0.25) is 0 Å². The number of benzene rings is 2. The Labute approximate surface area is 267 Å². The standard InChI is InChI=1S/C36H49ClO7/c1-9-41-35(40)30(37)19-28-13-15-29(16-14-28)42-21-36(18-17-23(4)12-10-11-22(2)3)20-31(39)32-26(7)33(43-27(8)38)24(5)25(6)34(32)44-36/h13-16,22-23,30H,9-12,17-21H2,1-8H3.